The van der Waals surface area contributed by atoms with Crippen molar-refractivity contribution in [3.8, 4) is 0 Å². The van der Waals surface area contributed by atoms with E-state index in [2.05, 4.69) is 5.32 Å². The molecule has 0 aromatic rings. The van der Waals surface area contributed by atoms with Crippen LogP contribution in [-0.4, -0.2) is 51.2 Å². The average Bonchev–Trinajstić information content (AvgIpc) is 2.26. The lowest BCUT2D eigenvalue weighted by Crippen LogP contribution is -2.42. The second kappa shape index (κ2) is 7.91. The van der Waals surface area contributed by atoms with Gasteiger partial charge >= 0.3 is 0 Å². The van der Waals surface area contributed by atoms with Gasteiger partial charge in [0, 0.05) is 27.2 Å². The molecule has 15 heavy (non-hydrogen) atoms. The molecule has 1 fully saturated rings. The number of halogens is 1. The van der Waals surface area contributed by atoms with Gasteiger partial charge in [0.05, 0.1) is 12.5 Å². The highest BCUT2D eigenvalue weighted by Gasteiger charge is 2.23. The van der Waals surface area contributed by atoms with Crippen LogP contribution in [0.4, 0.5) is 0 Å². The first-order chi connectivity index (χ1) is 6.75. The average molecular weight is 237 g/mol. The van der Waals surface area contributed by atoms with Crippen molar-refractivity contribution in [3.63, 3.8) is 0 Å². The number of amides is 1. The number of likely N-dealkylation sites (N-methyl/N-ethyl adjacent to an activating group) is 1. The molecule has 0 unspecified atom stereocenters. The third kappa shape index (κ3) is 4.82. The van der Waals surface area contributed by atoms with Crippen LogP contribution in [0.25, 0.3) is 0 Å². The molecule has 4 nitrogen and oxygen atoms in total. The SMILES string of the molecule is COCCN(C)C(=O)[C@@H]1CCCNC1.Cl. The van der Waals surface area contributed by atoms with Crippen molar-refractivity contribution in [2.24, 2.45) is 5.92 Å². The highest BCUT2D eigenvalue weighted by molar-refractivity contribution is 5.85. The molecule has 1 amide bonds. The van der Waals surface area contributed by atoms with Crippen molar-refractivity contribution in [1.29, 1.82) is 0 Å². The maximum absolute atomic E-state index is 11.8. The Morgan fingerprint density at radius 3 is 2.87 bits per heavy atom. The quantitative estimate of drug-likeness (QED) is 0.774. The van der Waals surface area contributed by atoms with Crippen LogP contribution in [0.1, 0.15) is 12.8 Å². The van der Waals surface area contributed by atoms with Crippen molar-refractivity contribution in [2.45, 2.75) is 12.8 Å². The van der Waals surface area contributed by atoms with Gasteiger partial charge in [0.25, 0.3) is 0 Å². The predicted octanol–water partition coefficient (Wildman–Crippen LogP) is 0.513. The minimum Gasteiger partial charge on any atom is -0.383 e. The molecule has 90 valence electrons. The molecule has 0 bridgehead atoms. The monoisotopic (exact) mass is 236 g/mol. The fourth-order valence-electron chi connectivity index (χ4n) is 1.71. The summed E-state index contributed by atoms with van der Waals surface area (Å²) in [5, 5.41) is 3.25. The first-order valence-corrected chi connectivity index (χ1v) is 5.20. The molecule has 0 aromatic heterocycles. The number of hydrogen-bond acceptors (Lipinski definition) is 3. The third-order valence-electron chi connectivity index (χ3n) is 2.65. The van der Waals surface area contributed by atoms with Crippen LogP contribution < -0.4 is 5.32 Å². The molecule has 1 aliphatic heterocycles. The van der Waals surface area contributed by atoms with Gasteiger partial charge in [-0.3, -0.25) is 4.79 Å². The summed E-state index contributed by atoms with van der Waals surface area (Å²) in [4.78, 5) is 13.6. The normalized spacial score (nSPS) is 20.5. The molecule has 1 aliphatic rings. The lowest BCUT2D eigenvalue weighted by Gasteiger charge is -2.26. The molecule has 1 rings (SSSR count). The van der Waals surface area contributed by atoms with E-state index in [1.165, 1.54) is 0 Å². The Labute approximate surface area is 97.8 Å². The number of ether oxygens (including phenoxy) is 1. The van der Waals surface area contributed by atoms with Crippen LogP contribution in [0, 0.1) is 5.92 Å². The zero-order chi connectivity index (χ0) is 10.4. The largest absolute Gasteiger partial charge is 0.383 e. The van der Waals surface area contributed by atoms with Gasteiger partial charge in [-0.1, -0.05) is 0 Å². The van der Waals surface area contributed by atoms with Gasteiger partial charge in [-0.15, -0.1) is 12.4 Å². The predicted molar refractivity (Wildman–Crippen MR) is 62.4 cm³/mol. The Kier molecular flexibility index (Phi) is 7.74. The van der Waals surface area contributed by atoms with Crippen LogP contribution in [0.5, 0.6) is 0 Å². The van der Waals surface area contributed by atoms with Gasteiger partial charge in [-0.05, 0) is 19.4 Å². The zero-order valence-electron chi connectivity index (χ0n) is 9.49. The molecule has 0 radical (unpaired) electrons. The minimum atomic E-state index is 0. The maximum Gasteiger partial charge on any atom is 0.226 e. The summed E-state index contributed by atoms with van der Waals surface area (Å²) in [6.07, 6.45) is 2.12. The molecule has 1 heterocycles. The van der Waals surface area contributed by atoms with Gasteiger partial charge in [-0.2, -0.15) is 0 Å². The molecule has 0 aromatic carbocycles. The van der Waals surface area contributed by atoms with E-state index < -0.39 is 0 Å². The van der Waals surface area contributed by atoms with E-state index in [0.717, 1.165) is 25.9 Å². The molecule has 1 atom stereocenters. The standard InChI is InChI=1S/C10H20N2O2.ClH/c1-12(6-7-14-2)10(13)9-4-3-5-11-8-9;/h9,11H,3-8H2,1-2H3;1H/t9-;/m1./s1. The molecule has 0 saturated carbocycles. The zero-order valence-corrected chi connectivity index (χ0v) is 10.3. The highest BCUT2D eigenvalue weighted by atomic mass is 35.5. The lowest BCUT2D eigenvalue weighted by molar-refractivity contribution is -0.135. The number of nitrogens with zero attached hydrogens (tertiary/aromatic N) is 1. The van der Waals surface area contributed by atoms with Gasteiger partial charge in [-0.25, -0.2) is 0 Å². The number of hydrogen-bond donors (Lipinski definition) is 1. The molecule has 1 saturated heterocycles. The lowest BCUT2D eigenvalue weighted by atomic mass is 9.98. The van der Waals surface area contributed by atoms with Crippen molar-refractivity contribution in [1.82, 2.24) is 10.2 Å². The summed E-state index contributed by atoms with van der Waals surface area (Å²) in [6.45, 7) is 3.18. The Bertz CT molecular complexity index is 184. The molecular weight excluding hydrogens is 216 g/mol. The van der Waals surface area contributed by atoms with Crippen LogP contribution in [0.2, 0.25) is 0 Å². The van der Waals surface area contributed by atoms with Gasteiger partial charge in [0.2, 0.25) is 5.91 Å². The van der Waals surface area contributed by atoms with E-state index in [1.807, 2.05) is 7.05 Å². The Morgan fingerprint density at radius 1 is 1.60 bits per heavy atom. The molecule has 1 N–H and O–H groups in total. The van der Waals surface area contributed by atoms with Gasteiger partial charge in [0.1, 0.15) is 0 Å². The second-order valence-corrected chi connectivity index (χ2v) is 3.80. The summed E-state index contributed by atoms with van der Waals surface area (Å²) in [5.74, 6) is 0.417. The Balaban J connectivity index is 0.00000196. The van der Waals surface area contributed by atoms with Crippen LogP contribution >= 0.6 is 12.4 Å². The van der Waals surface area contributed by atoms with E-state index in [1.54, 1.807) is 12.0 Å². The number of piperidine rings is 1. The molecule has 5 heteroatoms. The number of methoxy groups -OCH3 is 1. The highest BCUT2D eigenvalue weighted by Crippen LogP contribution is 2.12. The van der Waals surface area contributed by atoms with Crippen molar-refractivity contribution >= 4 is 18.3 Å². The first-order valence-electron chi connectivity index (χ1n) is 5.20. The van der Waals surface area contributed by atoms with E-state index in [0.29, 0.717) is 13.2 Å². The van der Waals surface area contributed by atoms with Crippen molar-refractivity contribution < 1.29 is 9.53 Å². The number of carbonyl (C=O) groups is 1. The summed E-state index contributed by atoms with van der Waals surface area (Å²) in [6, 6.07) is 0. The maximum atomic E-state index is 11.8. The Hall–Kier alpha value is -0.320. The van der Waals surface area contributed by atoms with E-state index in [-0.39, 0.29) is 24.2 Å². The Morgan fingerprint density at radius 2 is 2.33 bits per heavy atom. The summed E-state index contributed by atoms with van der Waals surface area (Å²) in [5.41, 5.74) is 0. The summed E-state index contributed by atoms with van der Waals surface area (Å²) >= 11 is 0. The van der Waals surface area contributed by atoms with Crippen molar-refractivity contribution in [2.75, 3.05) is 40.4 Å². The summed E-state index contributed by atoms with van der Waals surface area (Å²) < 4.78 is 4.94. The van der Waals surface area contributed by atoms with Crippen LogP contribution in [-0.2, 0) is 9.53 Å². The van der Waals surface area contributed by atoms with Gasteiger partial charge in [0.15, 0.2) is 0 Å². The molecular formula is C10H21ClN2O2. The van der Waals surface area contributed by atoms with E-state index >= 15 is 0 Å². The smallest absolute Gasteiger partial charge is 0.226 e. The van der Waals surface area contributed by atoms with Crippen LogP contribution in [0.3, 0.4) is 0 Å². The minimum absolute atomic E-state index is 0. The number of rotatable bonds is 4. The number of nitrogens with one attached hydrogen (secondary N) is 1. The topological polar surface area (TPSA) is 41.6 Å². The van der Waals surface area contributed by atoms with E-state index in [9.17, 15) is 4.79 Å². The summed E-state index contributed by atoms with van der Waals surface area (Å²) in [7, 11) is 3.50. The van der Waals surface area contributed by atoms with Crippen LogP contribution in [0.15, 0.2) is 0 Å². The van der Waals surface area contributed by atoms with Crippen molar-refractivity contribution in [3.05, 3.63) is 0 Å². The molecule has 0 spiro atoms. The first kappa shape index (κ1) is 14.7. The second-order valence-electron chi connectivity index (χ2n) is 3.80. The fourth-order valence-corrected chi connectivity index (χ4v) is 1.71. The third-order valence-corrected chi connectivity index (χ3v) is 2.65. The van der Waals surface area contributed by atoms with Gasteiger partial charge < -0.3 is 15.0 Å². The fraction of sp³-hybridized carbons (Fsp3) is 0.900. The molecule has 0 aliphatic carbocycles. The number of carbonyl (C=O) groups excluding carboxylic acids is 1. The van der Waals surface area contributed by atoms with E-state index in [4.69, 9.17) is 4.74 Å².